The average Bonchev–Trinajstić information content (AvgIpc) is 3.06. The Morgan fingerprint density at radius 1 is 1.26 bits per heavy atom. The average molecular weight is 352 g/mol. The highest BCUT2D eigenvalue weighted by molar-refractivity contribution is 6.37. The normalized spacial score (nSPS) is 10.7. The van der Waals surface area contributed by atoms with E-state index in [0.29, 0.717) is 27.2 Å². The zero-order chi connectivity index (χ0) is 16.6. The SMILES string of the molecule is Cn1ncc(Nc2cn(-c3c(Cl)cccc3Cl)nc2C(N)=O)n1. The first-order chi connectivity index (χ1) is 11.0. The van der Waals surface area contributed by atoms with Gasteiger partial charge < -0.3 is 11.1 Å². The molecule has 0 atom stereocenters. The zero-order valence-corrected chi connectivity index (χ0v) is 13.4. The number of anilines is 2. The number of halogens is 2. The van der Waals surface area contributed by atoms with Crippen LogP contribution >= 0.6 is 23.2 Å². The molecule has 0 aliphatic carbocycles. The molecule has 0 fully saturated rings. The van der Waals surface area contributed by atoms with E-state index in [9.17, 15) is 4.79 Å². The molecule has 3 aromatic rings. The lowest BCUT2D eigenvalue weighted by molar-refractivity contribution is 0.0996. The van der Waals surface area contributed by atoms with Gasteiger partial charge in [-0.2, -0.15) is 15.0 Å². The standard InChI is InChI=1S/C13H11Cl2N7O/c1-21-17-5-10(19-21)18-9-6-22(20-11(9)13(16)23)12-7(14)3-2-4-8(12)15/h2-6H,1H3,(H2,16,23)(H,18,19). The molecule has 0 radical (unpaired) electrons. The summed E-state index contributed by atoms with van der Waals surface area (Å²) < 4.78 is 1.39. The van der Waals surface area contributed by atoms with Gasteiger partial charge in [0.1, 0.15) is 5.69 Å². The van der Waals surface area contributed by atoms with Gasteiger partial charge in [-0.3, -0.25) is 4.79 Å². The van der Waals surface area contributed by atoms with Crippen LogP contribution in [0.1, 0.15) is 10.5 Å². The summed E-state index contributed by atoms with van der Waals surface area (Å²) in [6.07, 6.45) is 3.06. The number of rotatable bonds is 4. The molecule has 1 aromatic carbocycles. The molecule has 2 aromatic heterocycles. The Kier molecular flexibility index (Phi) is 3.93. The first-order valence-electron chi connectivity index (χ1n) is 6.43. The Morgan fingerprint density at radius 2 is 1.96 bits per heavy atom. The molecule has 0 aliphatic rings. The van der Waals surface area contributed by atoms with E-state index in [4.69, 9.17) is 28.9 Å². The zero-order valence-electron chi connectivity index (χ0n) is 11.9. The highest BCUT2D eigenvalue weighted by Gasteiger charge is 2.18. The van der Waals surface area contributed by atoms with E-state index in [1.807, 2.05) is 0 Å². The fraction of sp³-hybridized carbons (Fsp3) is 0.0769. The number of benzene rings is 1. The van der Waals surface area contributed by atoms with Crippen molar-refractivity contribution in [3.05, 3.63) is 46.3 Å². The second kappa shape index (κ2) is 5.90. The molecule has 3 rings (SSSR count). The summed E-state index contributed by atoms with van der Waals surface area (Å²) in [6, 6.07) is 5.06. The fourth-order valence-electron chi connectivity index (χ4n) is 2.01. The van der Waals surface area contributed by atoms with Crippen LogP contribution in [0.15, 0.2) is 30.6 Å². The van der Waals surface area contributed by atoms with Crippen LogP contribution in [-0.4, -0.2) is 30.7 Å². The summed E-state index contributed by atoms with van der Waals surface area (Å²) in [7, 11) is 1.67. The Bertz CT molecular complexity index is 866. The van der Waals surface area contributed by atoms with Crippen LogP contribution in [0.4, 0.5) is 11.5 Å². The van der Waals surface area contributed by atoms with Crippen LogP contribution in [0.3, 0.4) is 0 Å². The predicted molar refractivity (Wildman–Crippen MR) is 86.4 cm³/mol. The lowest BCUT2D eigenvalue weighted by Crippen LogP contribution is -2.14. The number of hydrogen-bond acceptors (Lipinski definition) is 5. The Balaban J connectivity index is 2.07. The quantitative estimate of drug-likeness (QED) is 0.749. The van der Waals surface area contributed by atoms with Crippen molar-refractivity contribution >= 4 is 40.6 Å². The first-order valence-corrected chi connectivity index (χ1v) is 7.18. The smallest absolute Gasteiger partial charge is 0.271 e. The summed E-state index contributed by atoms with van der Waals surface area (Å²) in [4.78, 5) is 13.0. The van der Waals surface area contributed by atoms with Gasteiger partial charge in [0.05, 0.1) is 28.1 Å². The van der Waals surface area contributed by atoms with Gasteiger partial charge in [-0.1, -0.05) is 29.3 Å². The number of para-hydroxylation sites is 1. The Morgan fingerprint density at radius 3 is 2.52 bits per heavy atom. The highest BCUT2D eigenvalue weighted by atomic mass is 35.5. The molecule has 0 unspecified atom stereocenters. The van der Waals surface area contributed by atoms with Gasteiger partial charge in [-0.25, -0.2) is 4.68 Å². The molecule has 1 amide bonds. The number of aryl methyl sites for hydroxylation is 1. The number of carbonyl (C=O) groups excluding carboxylic acids is 1. The van der Waals surface area contributed by atoms with Crippen molar-refractivity contribution in [2.24, 2.45) is 12.8 Å². The number of nitrogens with two attached hydrogens (primary N) is 1. The molecule has 0 saturated heterocycles. The summed E-state index contributed by atoms with van der Waals surface area (Å²) in [6.45, 7) is 0. The molecule has 0 spiro atoms. The van der Waals surface area contributed by atoms with Crippen LogP contribution in [0.2, 0.25) is 10.0 Å². The lowest BCUT2D eigenvalue weighted by atomic mass is 10.3. The van der Waals surface area contributed by atoms with Gasteiger partial charge >= 0.3 is 0 Å². The first kappa shape index (κ1) is 15.3. The van der Waals surface area contributed by atoms with Crippen LogP contribution < -0.4 is 11.1 Å². The number of nitrogens with one attached hydrogen (secondary N) is 1. The largest absolute Gasteiger partial charge is 0.364 e. The van der Waals surface area contributed by atoms with Crippen LogP contribution in [0.25, 0.3) is 5.69 Å². The van der Waals surface area contributed by atoms with E-state index < -0.39 is 5.91 Å². The minimum absolute atomic E-state index is 0.0339. The lowest BCUT2D eigenvalue weighted by Gasteiger charge is -2.05. The molecule has 0 saturated carbocycles. The van der Waals surface area contributed by atoms with Crippen LogP contribution in [-0.2, 0) is 7.05 Å². The van der Waals surface area contributed by atoms with Gasteiger partial charge in [0.25, 0.3) is 5.91 Å². The van der Waals surface area contributed by atoms with E-state index in [-0.39, 0.29) is 5.69 Å². The van der Waals surface area contributed by atoms with Crippen molar-refractivity contribution in [3.63, 3.8) is 0 Å². The minimum Gasteiger partial charge on any atom is -0.364 e. The predicted octanol–water partition coefficient (Wildman–Crippen LogP) is 2.15. The van der Waals surface area contributed by atoms with Crippen molar-refractivity contribution in [2.75, 3.05) is 5.32 Å². The number of amides is 1. The summed E-state index contributed by atoms with van der Waals surface area (Å²) >= 11 is 12.3. The van der Waals surface area contributed by atoms with Crippen molar-refractivity contribution in [3.8, 4) is 5.69 Å². The molecule has 10 heteroatoms. The van der Waals surface area contributed by atoms with Crippen molar-refractivity contribution in [1.29, 1.82) is 0 Å². The van der Waals surface area contributed by atoms with Crippen molar-refractivity contribution < 1.29 is 4.79 Å². The number of hydrogen-bond donors (Lipinski definition) is 2. The maximum atomic E-state index is 11.6. The minimum atomic E-state index is -0.696. The topological polar surface area (TPSA) is 104 Å². The van der Waals surface area contributed by atoms with Gasteiger partial charge in [-0.15, -0.1) is 5.10 Å². The summed E-state index contributed by atoms with van der Waals surface area (Å²) in [5, 5.41) is 15.9. The van der Waals surface area contributed by atoms with Gasteiger partial charge in [-0.05, 0) is 12.1 Å². The summed E-state index contributed by atoms with van der Waals surface area (Å²) in [5.41, 5.74) is 6.23. The Labute approximate surface area is 140 Å². The van der Waals surface area contributed by atoms with Crippen molar-refractivity contribution in [1.82, 2.24) is 24.8 Å². The van der Waals surface area contributed by atoms with E-state index in [0.717, 1.165) is 0 Å². The second-order valence-electron chi connectivity index (χ2n) is 4.61. The molecule has 3 N–H and O–H groups in total. The van der Waals surface area contributed by atoms with Gasteiger partial charge in [0.15, 0.2) is 11.5 Å². The van der Waals surface area contributed by atoms with Gasteiger partial charge in [0, 0.05) is 7.05 Å². The molecular formula is C13H11Cl2N7O. The molecule has 23 heavy (non-hydrogen) atoms. The molecule has 0 bridgehead atoms. The maximum Gasteiger partial charge on any atom is 0.271 e. The molecule has 2 heterocycles. The van der Waals surface area contributed by atoms with E-state index >= 15 is 0 Å². The Hall–Kier alpha value is -2.58. The van der Waals surface area contributed by atoms with Gasteiger partial charge in [0.2, 0.25) is 0 Å². The second-order valence-corrected chi connectivity index (χ2v) is 5.43. The van der Waals surface area contributed by atoms with Crippen LogP contribution in [0, 0.1) is 0 Å². The molecule has 0 aliphatic heterocycles. The molecule has 118 valence electrons. The number of aromatic nitrogens is 5. The van der Waals surface area contributed by atoms with E-state index in [1.165, 1.54) is 15.7 Å². The number of nitrogens with zero attached hydrogens (tertiary/aromatic N) is 5. The monoisotopic (exact) mass is 351 g/mol. The third-order valence-corrected chi connectivity index (χ3v) is 3.59. The highest BCUT2D eigenvalue weighted by Crippen LogP contribution is 2.30. The van der Waals surface area contributed by atoms with E-state index in [1.54, 1.807) is 31.4 Å². The third kappa shape index (κ3) is 2.99. The number of primary amides is 1. The summed E-state index contributed by atoms with van der Waals surface area (Å²) in [5.74, 6) is -0.252. The number of carbonyl (C=O) groups is 1. The van der Waals surface area contributed by atoms with Crippen molar-refractivity contribution in [2.45, 2.75) is 0 Å². The van der Waals surface area contributed by atoms with E-state index in [2.05, 4.69) is 20.6 Å². The maximum absolute atomic E-state index is 11.6. The molecule has 8 nitrogen and oxygen atoms in total. The fourth-order valence-corrected chi connectivity index (χ4v) is 2.58. The molecular weight excluding hydrogens is 341 g/mol. The van der Waals surface area contributed by atoms with Crippen LogP contribution in [0.5, 0.6) is 0 Å². The third-order valence-electron chi connectivity index (χ3n) is 2.98.